The van der Waals surface area contributed by atoms with Crippen LogP contribution in [0.4, 0.5) is 5.69 Å². The van der Waals surface area contributed by atoms with Gasteiger partial charge in [-0.1, -0.05) is 35.9 Å². The third kappa shape index (κ3) is 2.98. The van der Waals surface area contributed by atoms with Gasteiger partial charge >= 0.3 is 0 Å². The minimum atomic E-state index is -1.17. The number of aliphatic hydroxyl groups is 1. The van der Waals surface area contributed by atoms with Crippen molar-refractivity contribution in [3.05, 3.63) is 74.3 Å². The Kier molecular flexibility index (Phi) is 4.26. The first kappa shape index (κ1) is 16.4. The van der Waals surface area contributed by atoms with Crippen LogP contribution in [0.25, 0.3) is 0 Å². The summed E-state index contributed by atoms with van der Waals surface area (Å²) in [6.07, 6.45) is 1.21. The van der Waals surface area contributed by atoms with Gasteiger partial charge in [0.1, 0.15) is 11.2 Å². The van der Waals surface area contributed by atoms with E-state index in [2.05, 4.69) is 5.32 Å². The molecule has 0 aromatic heterocycles. The first-order chi connectivity index (χ1) is 11.4. The molecule has 24 heavy (non-hydrogen) atoms. The van der Waals surface area contributed by atoms with Crippen LogP contribution >= 0.6 is 11.6 Å². The van der Waals surface area contributed by atoms with Gasteiger partial charge in [0.05, 0.1) is 11.5 Å². The highest BCUT2D eigenvalue weighted by Gasteiger charge is 2.37. The number of aryl methyl sites for hydroxylation is 1. The predicted molar refractivity (Wildman–Crippen MR) is 89.1 cm³/mol. The third-order valence-electron chi connectivity index (χ3n) is 4.27. The van der Waals surface area contributed by atoms with Gasteiger partial charge in [0.25, 0.3) is 11.6 Å². The molecule has 0 heterocycles. The smallest absolute Gasteiger partial charge is 0.282 e. The third-order valence-corrected chi connectivity index (χ3v) is 4.50. The normalized spacial score (nSPS) is 18.9. The number of benzene rings is 2. The molecule has 124 valence electrons. The van der Waals surface area contributed by atoms with E-state index < -0.39 is 16.4 Å². The average molecular weight is 347 g/mol. The number of carbonyl (C=O) groups excluding carboxylic acids is 1. The summed E-state index contributed by atoms with van der Waals surface area (Å²) in [5.41, 5.74) is 0.214. The summed E-state index contributed by atoms with van der Waals surface area (Å²) in [4.78, 5) is 22.8. The lowest BCUT2D eigenvalue weighted by Crippen LogP contribution is -2.39. The second-order valence-corrected chi connectivity index (χ2v) is 6.23. The van der Waals surface area contributed by atoms with Crippen LogP contribution in [-0.2, 0) is 12.0 Å². The van der Waals surface area contributed by atoms with Gasteiger partial charge in [-0.05, 0) is 36.1 Å². The van der Waals surface area contributed by atoms with E-state index >= 15 is 0 Å². The highest BCUT2D eigenvalue weighted by atomic mass is 35.5. The molecule has 2 N–H and O–H groups in total. The molecule has 1 unspecified atom stereocenters. The van der Waals surface area contributed by atoms with Gasteiger partial charge in [0, 0.05) is 11.1 Å². The van der Waals surface area contributed by atoms with Crippen molar-refractivity contribution < 1.29 is 14.8 Å². The molecule has 0 saturated carbocycles. The van der Waals surface area contributed by atoms with Crippen LogP contribution in [0.1, 0.15) is 27.9 Å². The van der Waals surface area contributed by atoms with Crippen LogP contribution in [0.15, 0.2) is 42.5 Å². The average Bonchev–Trinajstić information content (AvgIpc) is 2.90. The molecule has 0 aliphatic heterocycles. The number of nitro groups is 1. The topological polar surface area (TPSA) is 92.5 Å². The maximum atomic E-state index is 12.3. The van der Waals surface area contributed by atoms with Gasteiger partial charge < -0.3 is 10.4 Å². The Balaban J connectivity index is 1.80. The Labute approximate surface area is 143 Å². The fourth-order valence-corrected chi connectivity index (χ4v) is 3.20. The van der Waals surface area contributed by atoms with Crippen molar-refractivity contribution in [2.75, 3.05) is 6.54 Å². The van der Waals surface area contributed by atoms with Crippen LogP contribution in [-0.4, -0.2) is 22.5 Å². The molecule has 1 aliphatic carbocycles. The zero-order valence-corrected chi connectivity index (χ0v) is 13.4. The number of hydrogen-bond donors (Lipinski definition) is 2. The van der Waals surface area contributed by atoms with Crippen molar-refractivity contribution in [1.82, 2.24) is 5.32 Å². The van der Waals surface area contributed by atoms with E-state index in [0.29, 0.717) is 6.42 Å². The largest absolute Gasteiger partial charge is 0.383 e. The summed E-state index contributed by atoms with van der Waals surface area (Å²) in [5, 5.41) is 24.7. The van der Waals surface area contributed by atoms with E-state index in [0.717, 1.165) is 17.5 Å². The SMILES string of the molecule is O=C(NCC1(O)CCc2ccccc21)c1cc(Cl)ccc1[N+](=O)[O-]. The lowest BCUT2D eigenvalue weighted by molar-refractivity contribution is -0.385. The van der Waals surface area contributed by atoms with Crippen LogP contribution < -0.4 is 5.32 Å². The molecule has 3 rings (SSSR count). The zero-order valence-electron chi connectivity index (χ0n) is 12.7. The maximum Gasteiger partial charge on any atom is 0.282 e. The Morgan fingerprint density at radius 1 is 1.33 bits per heavy atom. The summed E-state index contributed by atoms with van der Waals surface area (Å²) in [7, 11) is 0. The lowest BCUT2D eigenvalue weighted by Gasteiger charge is -2.24. The zero-order chi connectivity index (χ0) is 17.3. The van der Waals surface area contributed by atoms with Crippen molar-refractivity contribution in [3.63, 3.8) is 0 Å². The number of carbonyl (C=O) groups is 1. The monoisotopic (exact) mass is 346 g/mol. The quantitative estimate of drug-likeness (QED) is 0.657. The van der Waals surface area contributed by atoms with Crippen molar-refractivity contribution in [2.45, 2.75) is 18.4 Å². The van der Waals surface area contributed by atoms with Crippen molar-refractivity contribution in [1.29, 1.82) is 0 Å². The summed E-state index contributed by atoms with van der Waals surface area (Å²) < 4.78 is 0. The molecule has 0 spiro atoms. The first-order valence-corrected chi connectivity index (χ1v) is 7.81. The van der Waals surface area contributed by atoms with E-state index in [1.165, 1.54) is 18.2 Å². The molecule has 2 aromatic rings. The number of fused-ring (bicyclic) bond motifs is 1. The van der Waals surface area contributed by atoms with E-state index in [1.807, 2.05) is 24.3 Å². The fourth-order valence-electron chi connectivity index (χ4n) is 3.02. The number of nitrogens with zero attached hydrogens (tertiary/aromatic N) is 1. The van der Waals surface area contributed by atoms with E-state index in [9.17, 15) is 20.0 Å². The minimum absolute atomic E-state index is 0.0213. The highest BCUT2D eigenvalue weighted by Crippen LogP contribution is 2.36. The molecular formula is C17H15ClN2O4. The second kappa shape index (κ2) is 6.22. The van der Waals surface area contributed by atoms with Gasteiger partial charge in [-0.25, -0.2) is 0 Å². The van der Waals surface area contributed by atoms with Crippen LogP contribution in [0, 0.1) is 10.1 Å². The predicted octanol–water partition coefficient (Wildman–Crippen LogP) is 2.81. The van der Waals surface area contributed by atoms with Crippen LogP contribution in [0.5, 0.6) is 0 Å². The summed E-state index contributed by atoms with van der Waals surface area (Å²) in [5.74, 6) is -0.637. The number of nitro benzene ring substituents is 1. The van der Waals surface area contributed by atoms with E-state index in [-0.39, 0.29) is 22.8 Å². The number of halogens is 1. The molecule has 6 nitrogen and oxygen atoms in total. The van der Waals surface area contributed by atoms with Gasteiger partial charge in [-0.2, -0.15) is 0 Å². The molecule has 7 heteroatoms. The van der Waals surface area contributed by atoms with E-state index in [4.69, 9.17) is 11.6 Å². The van der Waals surface area contributed by atoms with E-state index in [1.54, 1.807) is 0 Å². The highest BCUT2D eigenvalue weighted by molar-refractivity contribution is 6.31. The van der Waals surface area contributed by atoms with Crippen LogP contribution in [0.2, 0.25) is 5.02 Å². The lowest BCUT2D eigenvalue weighted by atomic mass is 9.96. The van der Waals surface area contributed by atoms with Crippen molar-refractivity contribution in [2.24, 2.45) is 0 Å². The Bertz CT molecular complexity index is 824. The number of rotatable bonds is 4. The molecule has 0 radical (unpaired) electrons. The summed E-state index contributed by atoms with van der Waals surface area (Å²) in [6, 6.07) is 11.3. The molecule has 0 fully saturated rings. The fraction of sp³-hybridized carbons (Fsp3) is 0.235. The van der Waals surface area contributed by atoms with Crippen LogP contribution in [0.3, 0.4) is 0 Å². The van der Waals surface area contributed by atoms with Crippen molar-refractivity contribution >= 4 is 23.2 Å². The summed E-state index contributed by atoms with van der Waals surface area (Å²) >= 11 is 5.84. The molecule has 0 bridgehead atoms. The first-order valence-electron chi connectivity index (χ1n) is 7.44. The molecule has 1 aliphatic rings. The van der Waals surface area contributed by atoms with Gasteiger partial charge in [0.15, 0.2) is 0 Å². The van der Waals surface area contributed by atoms with Crippen molar-refractivity contribution in [3.8, 4) is 0 Å². The number of nitrogens with one attached hydrogen (secondary N) is 1. The maximum absolute atomic E-state index is 12.3. The number of hydrogen-bond acceptors (Lipinski definition) is 4. The van der Waals surface area contributed by atoms with Gasteiger partial charge in [-0.3, -0.25) is 14.9 Å². The molecule has 1 atom stereocenters. The molecule has 0 saturated heterocycles. The standard InChI is InChI=1S/C17H15ClN2O4/c18-12-5-6-15(20(23)24)13(9-12)16(21)19-10-17(22)8-7-11-3-1-2-4-14(11)17/h1-6,9,22H,7-8,10H2,(H,19,21). The number of amides is 1. The Morgan fingerprint density at radius 3 is 2.83 bits per heavy atom. The Morgan fingerprint density at radius 2 is 2.08 bits per heavy atom. The van der Waals surface area contributed by atoms with Gasteiger partial charge in [-0.15, -0.1) is 0 Å². The second-order valence-electron chi connectivity index (χ2n) is 5.79. The Hall–Kier alpha value is -2.44. The molecule has 2 aromatic carbocycles. The molecular weight excluding hydrogens is 332 g/mol. The van der Waals surface area contributed by atoms with Gasteiger partial charge in [0.2, 0.25) is 0 Å². The minimum Gasteiger partial charge on any atom is -0.383 e. The summed E-state index contributed by atoms with van der Waals surface area (Å²) in [6.45, 7) is -0.0213. The molecule has 1 amide bonds.